The number of hydrogen-bond donors (Lipinski definition) is 3. The van der Waals surface area contributed by atoms with Gasteiger partial charge in [0.1, 0.15) is 6.04 Å². The highest BCUT2D eigenvalue weighted by Crippen LogP contribution is 2.08. The zero-order chi connectivity index (χ0) is 24.3. The molecule has 0 fully saturated rings. The van der Waals surface area contributed by atoms with Gasteiger partial charge in [-0.3, -0.25) is 14.4 Å². The fraction of sp³-hybridized carbons (Fsp3) is 0.273. The van der Waals surface area contributed by atoms with Crippen LogP contribution in [0.3, 0.4) is 0 Å². The Morgan fingerprint density at radius 3 is 2.30 bits per heavy atom. The number of amides is 2. The molecule has 2 rings (SSSR count). The summed E-state index contributed by atoms with van der Waals surface area (Å²) in [5, 5.41) is 13.8. The van der Waals surface area contributed by atoms with Gasteiger partial charge in [-0.25, -0.2) is 8.42 Å². The van der Waals surface area contributed by atoms with Crippen LogP contribution in [0.25, 0.3) is 0 Å². The number of sulfonamides is 1. The number of nitrogens with one attached hydrogen (secondary N) is 3. The van der Waals surface area contributed by atoms with Crippen LogP contribution < -0.4 is 15.4 Å². The van der Waals surface area contributed by atoms with E-state index in [2.05, 4.69) is 15.4 Å². The average Bonchev–Trinajstić information content (AvgIpc) is 2.82. The SMILES string of the molecule is CCOC(=O)[C@H](CNC(=O)CCNC(=O)c1ccc(C#N)cc1)NS(=O)(=O)c1ccccc1. The largest absolute Gasteiger partial charge is 0.465 e. The van der Waals surface area contributed by atoms with Gasteiger partial charge in [0, 0.05) is 25.1 Å². The fourth-order valence-corrected chi connectivity index (χ4v) is 3.87. The molecule has 1 atom stereocenters. The molecule has 2 aromatic carbocycles. The lowest BCUT2D eigenvalue weighted by molar-refractivity contribution is -0.145. The van der Waals surface area contributed by atoms with Crippen LogP contribution in [-0.2, 0) is 24.3 Å². The van der Waals surface area contributed by atoms with E-state index in [0.717, 1.165) is 0 Å². The van der Waals surface area contributed by atoms with Crippen LogP contribution in [0.2, 0.25) is 0 Å². The van der Waals surface area contributed by atoms with Crippen molar-refractivity contribution in [2.45, 2.75) is 24.3 Å². The topological polar surface area (TPSA) is 154 Å². The minimum atomic E-state index is -4.01. The quantitative estimate of drug-likeness (QED) is 0.407. The summed E-state index contributed by atoms with van der Waals surface area (Å²) >= 11 is 0. The molecule has 174 valence electrons. The number of hydrogen-bond acceptors (Lipinski definition) is 7. The van der Waals surface area contributed by atoms with Crippen LogP contribution in [0.1, 0.15) is 29.3 Å². The van der Waals surface area contributed by atoms with Crippen molar-refractivity contribution >= 4 is 27.8 Å². The molecule has 33 heavy (non-hydrogen) atoms. The Bertz CT molecular complexity index is 1110. The molecule has 0 aromatic heterocycles. The zero-order valence-corrected chi connectivity index (χ0v) is 18.7. The van der Waals surface area contributed by atoms with Gasteiger partial charge in [0.25, 0.3) is 5.91 Å². The summed E-state index contributed by atoms with van der Waals surface area (Å²) in [5.41, 5.74) is 0.761. The number of esters is 1. The lowest BCUT2D eigenvalue weighted by Gasteiger charge is -2.18. The van der Waals surface area contributed by atoms with Crippen LogP contribution in [0, 0.1) is 11.3 Å². The van der Waals surface area contributed by atoms with Crippen molar-refractivity contribution in [1.29, 1.82) is 5.26 Å². The lowest BCUT2D eigenvalue weighted by Crippen LogP contribution is -2.49. The van der Waals surface area contributed by atoms with E-state index in [1.165, 1.54) is 36.4 Å². The first-order chi connectivity index (χ1) is 15.8. The molecule has 2 amide bonds. The number of nitriles is 1. The normalized spacial score (nSPS) is 11.6. The van der Waals surface area contributed by atoms with E-state index in [1.54, 1.807) is 25.1 Å². The smallest absolute Gasteiger partial charge is 0.326 e. The molecule has 11 heteroatoms. The lowest BCUT2D eigenvalue weighted by atomic mass is 10.1. The molecule has 0 aliphatic rings. The molecule has 0 radical (unpaired) electrons. The molecule has 0 unspecified atom stereocenters. The van der Waals surface area contributed by atoms with Crippen LogP contribution in [0.15, 0.2) is 59.5 Å². The first kappa shape index (κ1) is 25.5. The van der Waals surface area contributed by atoms with Crippen molar-refractivity contribution < 1.29 is 27.5 Å². The Labute approximate surface area is 192 Å². The Kier molecular flexibility index (Phi) is 9.53. The Hall–Kier alpha value is -3.75. The maximum atomic E-state index is 12.5. The average molecular weight is 473 g/mol. The third kappa shape index (κ3) is 8.03. The standard InChI is InChI=1S/C22H24N4O6S/c1-2-32-22(29)19(26-33(30,31)18-6-4-3-5-7-18)15-25-20(27)12-13-24-21(28)17-10-8-16(14-23)9-11-17/h3-11,19,26H,2,12-13,15H2,1H3,(H,24,28)(H,25,27)/t19-/m0/s1. The van der Waals surface area contributed by atoms with Gasteiger partial charge in [-0.05, 0) is 43.3 Å². The Balaban J connectivity index is 1.88. The van der Waals surface area contributed by atoms with Gasteiger partial charge >= 0.3 is 5.97 Å². The van der Waals surface area contributed by atoms with E-state index < -0.39 is 33.8 Å². The first-order valence-electron chi connectivity index (χ1n) is 10.1. The third-order valence-corrected chi connectivity index (χ3v) is 5.83. The first-order valence-corrected chi connectivity index (χ1v) is 11.5. The van der Waals surface area contributed by atoms with Crippen molar-refractivity contribution in [2.24, 2.45) is 0 Å². The van der Waals surface area contributed by atoms with Crippen molar-refractivity contribution in [3.8, 4) is 6.07 Å². The van der Waals surface area contributed by atoms with Gasteiger partial charge in [0.2, 0.25) is 15.9 Å². The van der Waals surface area contributed by atoms with E-state index in [9.17, 15) is 22.8 Å². The van der Waals surface area contributed by atoms with Crippen LogP contribution in [0.4, 0.5) is 0 Å². The zero-order valence-electron chi connectivity index (χ0n) is 17.9. The maximum absolute atomic E-state index is 12.5. The second-order valence-corrected chi connectivity index (χ2v) is 8.45. The third-order valence-electron chi connectivity index (χ3n) is 4.34. The predicted molar refractivity (Wildman–Crippen MR) is 118 cm³/mol. The molecule has 0 saturated carbocycles. The fourth-order valence-electron chi connectivity index (χ4n) is 2.66. The van der Waals surface area contributed by atoms with Crippen LogP contribution >= 0.6 is 0 Å². The molecule has 2 aromatic rings. The second kappa shape index (κ2) is 12.3. The maximum Gasteiger partial charge on any atom is 0.326 e. The van der Waals surface area contributed by atoms with Crippen molar-refractivity contribution in [1.82, 2.24) is 15.4 Å². The Morgan fingerprint density at radius 1 is 1.03 bits per heavy atom. The van der Waals surface area contributed by atoms with Gasteiger partial charge in [-0.1, -0.05) is 18.2 Å². The molecule has 10 nitrogen and oxygen atoms in total. The summed E-state index contributed by atoms with van der Waals surface area (Å²) in [5.74, 6) is -1.73. The van der Waals surface area contributed by atoms with Gasteiger partial charge in [-0.15, -0.1) is 0 Å². The van der Waals surface area contributed by atoms with Crippen molar-refractivity contribution in [3.05, 3.63) is 65.7 Å². The molecule has 0 aliphatic heterocycles. The van der Waals surface area contributed by atoms with E-state index in [4.69, 9.17) is 10.00 Å². The minimum Gasteiger partial charge on any atom is -0.465 e. The van der Waals surface area contributed by atoms with E-state index in [-0.39, 0.29) is 31.0 Å². The summed E-state index contributed by atoms with van der Waals surface area (Å²) in [7, 11) is -4.01. The summed E-state index contributed by atoms with van der Waals surface area (Å²) < 4.78 is 32.2. The van der Waals surface area contributed by atoms with Crippen molar-refractivity contribution in [3.63, 3.8) is 0 Å². The Morgan fingerprint density at radius 2 is 1.70 bits per heavy atom. The summed E-state index contributed by atoms with van der Waals surface area (Å²) in [6.07, 6.45) is -0.0942. The molecule has 0 aliphatic carbocycles. The molecular formula is C22H24N4O6S. The van der Waals surface area contributed by atoms with Crippen LogP contribution in [-0.4, -0.2) is 51.9 Å². The van der Waals surface area contributed by atoms with E-state index in [0.29, 0.717) is 11.1 Å². The molecule has 0 saturated heterocycles. The monoisotopic (exact) mass is 472 g/mol. The van der Waals surface area contributed by atoms with Gasteiger partial charge in [0.15, 0.2) is 0 Å². The van der Waals surface area contributed by atoms with Crippen molar-refractivity contribution in [2.75, 3.05) is 19.7 Å². The summed E-state index contributed by atoms with van der Waals surface area (Å²) in [6, 6.07) is 14.1. The summed E-state index contributed by atoms with van der Waals surface area (Å²) in [4.78, 5) is 36.4. The highest BCUT2D eigenvalue weighted by molar-refractivity contribution is 7.89. The molecule has 3 N–H and O–H groups in total. The van der Waals surface area contributed by atoms with Crippen LogP contribution in [0.5, 0.6) is 0 Å². The number of carbonyl (C=O) groups excluding carboxylic acids is 3. The highest BCUT2D eigenvalue weighted by atomic mass is 32.2. The predicted octanol–water partition coefficient (Wildman–Crippen LogP) is 0.705. The molecule has 0 spiro atoms. The minimum absolute atomic E-state index is 0.0183. The van der Waals surface area contributed by atoms with Gasteiger partial charge in [-0.2, -0.15) is 9.98 Å². The second-order valence-electron chi connectivity index (χ2n) is 6.74. The highest BCUT2D eigenvalue weighted by Gasteiger charge is 2.27. The molecule has 0 bridgehead atoms. The number of benzene rings is 2. The molecular weight excluding hydrogens is 448 g/mol. The van der Waals surface area contributed by atoms with E-state index >= 15 is 0 Å². The van der Waals surface area contributed by atoms with E-state index in [1.807, 2.05) is 6.07 Å². The number of carbonyl (C=O) groups is 3. The number of rotatable bonds is 11. The summed E-state index contributed by atoms with van der Waals surface area (Å²) in [6.45, 7) is 1.31. The molecule has 0 heterocycles. The van der Waals surface area contributed by atoms with Gasteiger partial charge < -0.3 is 15.4 Å². The number of ether oxygens (including phenoxy) is 1. The van der Waals surface area contributed by atoms with Gasteiger partial charge in [0.05, 0.1) is 23.1 Å². The number of nitrogens with zero attached hydrogens (tertiary/aromatic N) is 1.